The Morgan fingerprint density at radius 1 is 1.14 bits per heavy atom. The average molecular weight is 190 g/mol. The van der Waals surface area contributed by atoms with Crippen LogP contribution in [0.1, 0.15) is 47.5 Å². The van der Waals surface area contributed by atoms with Gasteiger partial charge in [0.1, 0.15) is 0 Å². The van der Waals surface area contributed by atoms with Gasteiger partial charge in [-0.2, -0.15) is 0 Å². The molecule has 0 unspecified atom stereocenters. The lowest BCUT2D eigenvalue weighted by Crippen LogP contribution is -2.40. The maximum Gasteiger partial charge on any atom is -0.00472 e. The van der Waals surface area contributed by atoms with E-state index in [2.05, 4.69) is 52.8 Å². The molecule has 2 rings (SSSR count). The number of rotatable bonds is 3. The fourth-order valence-electron chi connectivity index (χ4n) is 2.54. The van der Waals surface area contributed by atoms with Gasteiger partial charge in [0.2, 0.25) is 0 Å². The quantitative estimate of drug-likeness (QED) is 0.621. The SMILES string of the molecule is CC1(C(C)(C)C(C)(C)C2=CC=C2)CC1. The summed E-state index contributed by atoms with van der Waals surface area (Å²) in [6, 6.07) is 0. The van der Waals surface area contributed by atoms with Crippen LogP contribution in [-0.2, 0) is 0 Å². The molecule has 2 aliphatic carbocycles. The van der Waals surface area contributed by atoms with Crippen LogP contribution in [0.4, 0.5) is 0 Å². The van der Waals surface area contributed by atoms with Crippen LogP contribution < -0.4 is 0 Å². The Morgan fingerprint density at radius 2 is 1.64 bits per heavy atom. The van der Waals surface area contributed by atoms with Crippen molar-refractivity contribution in [2.45, 2.75) is 47.5 Å². The Kier molecular flexibility index (Phi) is 1.81. The van der Waals surface area contributed by atoms with Gasteiger partial charge in [-0.15, -0.1) is 0 Å². The zero-order chi connectivity index (χ0) is 10.6. The predicted molar refractivity (Wildman–Crippen MR) is 62.1 cm³/mol. The van der Waals surface area contributed by atoms with Gasteiger partial charge in [0.25, 0.3) is 0 Å². The summed E-state index contributed by atoms with van der Waals surface area (Å²) < 4.78 is 0. The standard InChI is InChI=1S/C14H22/c1-12(2,11-7-6-8-11)13(3,4)14(5)9-10-14/h6-8H,9-10H2,1-5H3. The molecular weight excluding hydrogens is 168 g/mol. The summed E-state index contributed by atoms with van der Waals surface area (Å²) in [5.41, 5.74) is 2.81. The van der Waals surface area contributed by atoms with E-state index < -0.39 is 0 Å². The molecule has 1 saturated carbocycles. The van der Waals surface area contributed by atoms with Crippen molar-refractivity contribution < 1.29 is 0 Å². The second kappa shape index (κ2) is 2.53. The van der Waals surface area contributed by atoms with Crippen LogP contribution in [0, 0.1) is 16.2 Å². The third kappa shape index (κ3) is 1.06. The topological polar surface area (TPSA) is 0 Å². The fraction of sp³-hybridized carbons (Fsp3) is 0.714. The van der Waals surface area contributed by atoms with Gasteiger partial charge in [-0.25, -0.2) is 0 Å². The molecule has 0 bridgehead atoms. The molecule has 78 valence electrons. The summed E-state index contributed by atoms with van der Waals surface area (Å²) in [5.74, 6) is 0. The molecule has 0 aliphatic heterocycles. The fourth-order valence-corrected chi connectivity index (χ4v) is 2.54. The highest BCUT2D eigenvalue weighted by atomic mass is 14.6. The van der Waals surface area contributed by atoms with E-state index in [1.54, 1.807) is 0 Å². The lowest BCUT2D eigenvalue weighted by molar-refractivity contribution is 0.0645. The molecule has 0 heterocycles. The minimum Gasteiger partial charge on any atom is -0.0617 e. The average Bonchev–Trinajstić information content (AvgIpc) is 2.63. The number of allylic oxidation sites excluding steroid dienone is 4. The summed E-state index contributed by atoms with van der Waals surface area (Å²) in [7, 11) is 0. The minimum absolute atomic E-state index is 0.312. The highest BCUT2D eigenvalue weighted by molar-refractivity contribution is 5.41. The van der Waals surface area contributed by atoms with Gasteiger partial charge >= 0.3 is 0 Å². The van der Waals surface area contributed by atoms with Crippen LogP contribution in [0.5, 0.6) is 0 Å². The van der Waals surface area contributed by atoms with Crippen LogP contribution in [0.15, 0.2) is 23.8 Å². The second-order valence-electron chi connectivity index (χ2n) is 6.29. The largest absolute Gasteiger partial charge is 0.0617 e. The van der Waals surface area contributed by atoms with Gasteiger partial charge in [-0.05, 0) is 34.7 Å². The lowest BCUT2D eigenvalue weighted by Gasteiger charge is -2.48. The van der Waals surface area contributed by atoms with Crippen molar-refractivity contribution in [3.8, 4) is 0 Å². The third-order valence-electron chi connectivity index (χ3n) is 5.34. The molecule has 0 radical (unpaired) electrons. The Labute approximate surface area is 88.1 Å². The van der Waals surface area contributed by atoms with E-state index in [0.717, 1.165) is 0 Å². The van der Waals surface area contributed by atoms with E-state index in [1.165, 1.54) is 18.4 Å². The van der Waals surface area contributed by atoms with Gasteiger partial charge < -0.3 is 0 Å². The normalized spacial score (nSPS) is 24.2. The van der Waals surface area contributed by atoms with Crippen molar-refractivity contribution in [3.05, 3.63) is 23.8 Å². The summed E-state index contributed by atoms with van der Waals surface area (Å²) in [6.07, 6.45) is 9.50. The van der Waals surface area contributed by atoms with Crippen molar-refractivity contribution >= 4 is 0 Å². The zero-order valence-electron chi connectivity index (χ0n) is 10.1. The first-order chi connectivity index (χ1) is 6.31. The maximum atomic E-state index is 2.44. The number of hydrogen-bond donors (Lipinski definition) is 0. The molecule has 0 aromatic carbocycles. The molecule has 0 atom stereocenters. The Bertz CT molecular complexity index is 309. The van der Waals surface area contributed by atoms with E-state index >= 15 is 0 Å². The molecule has 0 spiro atoms. The molecule has 2 aliphatic rings. The summed E-state index contributed by atoms with van der Waals surface area (Å²) in [6.45, 7) is 12.1. The molecule has 1 fully saturated rings. The van der Waals surface area contributed by atoms with Crippen molar-refractivity contribution in [2.24, 2.45) is 16.2 Å². The van der Waals surface area contributed by atoms with Crippen LogP contribution in [-0.4, -0.2) is 0 Å². The summed E-state index contributed by atoms with van der Waals surface area (Å²) >= 11 is 0. The van der Waals surface area contributed by atoms with Gasteiger partial charge in [0.05, 0.1) is 0 Å². The van der Waals surface area contributed by atoms with Crippen LogP contribution in [0.25, 0.3) is 0 Å². The maximum absolute atomic E-state index is 2.44. The minimum atomic E-state index is 0.312. The van der Waals surface area contributed by atoms with E-state index in [1.807, 2.05) is 0 Å². The van der Waals surface area contributed by atoms with Gasteiger partial charge in [-0.3, -0.25) is 0 Å². The summed E-state index contributed by atoms with van der Waals surface area (Å²) in [4.78, 5) is 0. The smallest absolute Gasteiger partial charge is 0.00472 e. The monoisotopic (exact) mass is 190 g/mol. The molecule has 0 aromatic heterocycles. The van der Waals surface area contributed by atoms with Gasteiger partial charge in [0.15, 0.2) is 0 Å². The van der Waals surface area contributed by atoms with Crippen molar-refractivity contribution in [1.29, 1.82) is 0 Å². The Balaban J connectivity index is 2.28. The van der Waals surface area contributed by atoms with Crippen molar-refractivity contribution in [2.75, 3.05) is 0 Å². The molecule has 0 saturated heterocycles. The molecule has 0 N–H and O–H groups in total. The molecule has 0 nitrogen and oxygen atoms in total. The molecule has 0 amide bonds. The van der Waals surface area contributed by atoms with Crippen LogP contribution >= 0.6 is 0 Å². The van der Waals surface area contributed by atoms with Crippen LogP contribution in [0.3, 0.4) is 0 Å². The Morgan fingerprint density at radius 3 is 1.93 bits per heavy atom. The molecule has 0 heteroatoms. The Hall–Kier alpha value is -0.520. The highest BCUT2D eigenvalue weighted by Gasteiger charge is 2.57. The van der Waals surface area contributed by atoms with Crippen LogP contribution in [0.2, 0.25) is 0 Å². The first-order valence-corrected chi connectivity index (χ1v) is 5.70. The first-order valence-electron chi connectivity index (χ1n) is 5.70. The third-order valence-corrected chi connectivity index (χ3v) is 5.34. The van der Waals surface area contributed by atoms with Crippen molar-refractivity contribution in [3.63, 3.8) is 0 Å². The zero-order valence-corrected chi connectivity index (χ0v) is 10.1. The summed E-state index contributed by atoms with van der Waals surface area (Å²) in [5, 5.41) is 0. The van der Waals surface area contributed by atoms with E-state index in [4.69, 9.17) is 0 Å². The first kappa shape index (κ1) is 10.0. The van der Waals surface area contributed by atoms with E-state index in [0.29, 0.717) is 16.2 Å². The second-order valence-corrected chi connectivity index (χ2v) is 6.29. The van der Waals surface area contributed by atoms with E-state index in [-0.39, 0.29) is 0 Å². The van der Waals surface area contributed by atoms with Crippen molar-refractivity contribution in [1.82, 2.24) is 0 Å². The van der Waals surface area contributed by atoms with Gasteiger partial charge in [-0.1, -0.05) is 52.8 Å². The molecular formula is C14H22. The molecule has 0 aromatic rings. The lowest BCUT2D eigenvalue weighted by atomic mass is 9.56. The molecule has 14 heavy (non-hydrogen) atoms. The van der Waals surface area contributed by atoms with Gasteiger partial charge in [0, 0.05) is 0 Å². The number of hydrogen-bond acceptors (Lipinski definition) is 0. The predicted octanol–water partition coefficient (Wildman–Crippen LogP) is 4.34. The highest BCUT2D eigenvalue weighted by Crippen LogP contribution is 2.66. The van der Waals surface area contributed by atoms with E-state index in [9.17, 15) is 0 Å².